The summed E-state index contributed by atoms with van der Waals surface area (Å²) in [6, 6.07) is 0. The summed E-state index contributed by atoms with van der Waals surface area (Å²) in [6.07, 6.45) is 4.42. The molecule has 0 aliphatic heterocycles. The van der Waals surface area contributed by atoms with Crippen LogP contribution in [-0.2, 0) is 0 Å². The molecule has 1 aromatic heterocycles. The van der Waals surface area contributed by atoms with Gasteiger partial charge in [0.05, 0.1) is 10.5 Å². The van der Waals surface area contributed by atoms with Gasteiger partial charge in [0.15, 0.2) is 0 Å². The van der Waals surface area contributed by atoms with E-state index in [1.165, 1.54) is 0 Å². The molecule has 7 nitrogen and oxygen atoms in total. The number of hydrogen-bond donors (Lipinski definition) is 1. The molecule has 2 rings (SSSR count). The van der Waals surface area contributed by atoms with Crippen molar-refractivity contribution in [3.8, 4) is 0 Å². The molecule has 104 valence electrons. The van der Waals surface area contributed by atoms with Gasteiger partial charge < -0.3 is 10.0 Å². The van der Waals surface area contributed by atoms with Crippen LogP contribution >= 0.6 is 11.6 Å². The maximum absolute atomic E-state index is 10.9. The summed E-state index contributed by atoms with van der Waals surface area (Å²) < 4.78 is 0. The Morgan fingerprint density at radius 1 is 1.58 bits per heavy atom. The average molecular weight is 287 g/mol. The number of aromatic nitrogens is 2. The van der Waals surface area contributed by atoms with Crippen molar-refractivity contribution in [2.45, 2.75) is 31.3 Å². The summed E-state index contributed by atoms with van der Waals surface area (Å²) >= 11 is 5.68. The summed E-state index contributed by atoms with van der Waals surface area (Å²) in [5.74, 6) is 0.130. The Balaban J connectivity index is 2.24. The Morgan fingerprint density at radius 2 is 2.21 bits per heavy atom. The number of halogens is 1. The largest absolute Gasteiger partial charge is 0.388 e. The van der Waals surface area contributed by atoms with E-state index in [0.717, 1.165) is 19.0 Å². The van der Waals surface area contributed by atoms with Crippen LogP contribution in [0.1, 0.15) is 25.7 Å². The molecule has 0 radical (unpaired) electrons. The molecule has 1 heterocycles. The standard InChI is InChI=1S/C11H15ClN4O3/c1-15(7-11(17)4-2-3-5-11)9-8(16(18)19)6-13-10(12)14-9/h6,17H,2-5,7H2,1H3. The number of hydrogen-bond acceptors (Lipinski definition) is 6. The molecular formula is C11H15ClN4O3. The molecule has 1 N–H and O–H groups in total. The molecule has 19 heavy (non-hydrogen) atoms. The minimum absolute atomic E-state index is 0.0501. The van der Waals surface area contributed by atoms with Crippen LogP contribution in [0.25, 0.3) is 0 Å². The smallest absolute Gasteiger partial charge is 0.329 e. The average Bonchev–Trinajstić information content (AvgIpc) is 2.75. The zero-order chi connectivity index (χ0) is 14.0. The second-order valence-corrected chi connectivity index (χ2v) is 5.23. The van der Waals surface area contributed by atoms with E-state index < -0.39 is 10.5 Å². The van der Waals surface area contributed by atoms with Crippen LogP contribution < -0.4 is 4.90 Å². The molecule has 1 aliphatic rings. The third kappa shape index (κ3) is 3.10. The lowest BCUT2D eigenvalue weighted by molar-refractivity contribution is -0.384. The monoisotopic (exact) mass is 286 g/mol. The zero-order valence-corrected chi connectivity index (χ0v) is 11.3. The highest BCUT2D eigenvalue weighted by Gasteiger charge is 2.34. The van der Waals surface area contributed by atoms with E-state index in [9.17, 15) is 15.2 Å². The second kappa shape index (κ2) is 5.26. The fraction of sp³-hybridized carbons (Fsp3) is 0.636. The highest BCUT2D eigenvalue weighted by molar-refractivity contribution is 6.28. The maximum Gasteiger partial charge on any atom is 0.329 e. The minimum Gasteiger partial charge on any atom is -0.388 e. The number of likely N-dealkylation sites (N-methyl/N-ethyl adjacent to an activating group) is 1. The minimum atomic E-state index is -0.806. The molecule has 1 fully saturated rings. The summed E-state index contributed by atoms with van der Waals surface area (Å²) in [5, 5.41) is 21.2. The molecule has 8 heteroatoms. The van der Waals surface area contributed by atoms with Crippen molar-refractivity contribution < 1.29 is 10.0 Å². The summed E-state index contributed by atoms with van der Waals surface area (Å²) in [6.45, 7) is 0.293. The first-order valence-electron chi connectivity index (χ1n) is 6.02. The van der Waals surface area contributed by atoms with Gasteiger partial charge in [-0.2, -0.15) is 4.98 Å². The van der Waals surface area contributed by atoms with Crippen LogP contribution in [0.5, 0.6) is 0 Å². The lowest BCUT2D eigenvalue weighted by atomic mass is 10.0. The van der Waals surface area contributed by atoms with Crippen molar-refractivity contribution in [2.75, 3.05) is 18.5 Å². The number of nitro groups is 1. The third-order valence-corrected chi connectivity index (χ3v) is 3.53. The van der Waals surface area contributed by atoms with Gasteiger partial charge >= 0.3 is 5.69 Å². The number of anilines is 1. The first-order valence-corrected chi connectivity index (χ1v) is 6.39. The molecule has 0 saturated heterocycles. The molecule has 1 aromatic rings. The summed E-state index contributed by atoms with van der Waals surface area (Å²) in [5.41, 5.74) is -1.02. The molecule has 0 amide bonds. The molecule has 0 spiro atoms. The van der Waals surface area contributed by atoms with Crippen LogP contribution in [0.2, 0.25) is 5.28 Å². The van der Waals surface area contributed by atoms with Crippen LogP contribution in [0.3, 0.4) is 0 Å². The van der Waals surface area contributed by atoms with Gasteiger partial charge in [0.1, 0.15) is 6.20 Å². The first kappa shape index (κ1) is 14.0. The highest BCUT2D eigenvalue weighted by atomic mass is 35.5. The quantitative estimate of drug-likeness (QED) is 0.515. The van der Waals surface area contributed by atoms with Gasteiger partial charge in [-0.25, -0.2) is 4.98 Å². The van der Waals surface area contributed by atoms with Crippen LogP contribution in [-0.4, -0.2) is 39.2 Å². The Labute approximate surface area is 115 Å². The van der Waals surface area contributed by atoms with Gasteiger partial charge in [-0.1, -0.05) is 12.8 Å². The van der Waals surface area contributed by atoms with Crippen LogP contribution in [0.4, 0.5) is 11.5 Å². The van der Waals surface area contributed by atoms with Gasteiger partial charge in [-0.05, 0) is 24.4 Å². The van der Waals surface area contributed by atoms with Gasteiger partial charge in [0.2, 0.25) is 11.1 Å². The molecule has 0 atom stereocenters. The van der Waals surface area contributed by atoms with Crippen molar-refractivity contribution >= 4 is 23.1 Å². The predicted molar refractivity (Wildman–Crippen MR) is 70.4 cm³/mol. The highest BCUT2D eigenvalue weighted by Crippen LogP contribution is 2.33. The molecule has 0 unspecified atom stereocenters. The summed E-state index contributed by atoms with van der Waals surface area (Å²) in [4.78, 5) is 19.5. The number of rotatable bonds is 4. The van der Waals surface area contributed by atoms with E-state index in [1.807, 2.05) is 0 Å². The second-order valence-electron chi connectivity index (χ2n) is 4.89. The molecule has 0 aromatic carbocycles. The van der Waals surface area contributed by atoms with Crippen molar-refractivity contribution in [1.82, 2.24) is 9.97 Å². The number of aliphatic hydroxyl groups is 1. The van der Waals surface area contributed by atoms with E-state index in [0.29, 0.717) is 19.4 Å². The van der Waals surface area contributed by atoms with Crippen molar-refractivity contribution in [3.05, 3.63) is 21.6 Å². The van der Waals surface area contributed by atoms with E-state index in [2.05, 4.69) is 9.97 Å². The molecular weight excluding hydrogens is 272 g/mol. The molecule has 1 aliphatic carbocycles. The zero-order valence-electron chi connectivity index (χ0n) is 10.5. The first-order chi connectivity index (χ1) is 8.91. The van der Waals surface area contributed by atoms with Crippen molar-refractivity contribution in [2.24, 2.45) is 0 Å². The fourth-order valence-electron chi connectivity index (χ4n) is 2.46. The number of nitrogens with zero attached hydrogens (tertiary/aromatic N) is 4. The third-order valence-electron chi connectivity index (χ3n) is 3.34. The normalized spacial score (nSPS) is 17.4. The van der Waals surface area contributed by atoms with Gasteiger partial charge in [0.25, 0.3) is 0 Å². The Morgan fingerprint density at radius 3 is 2.79 bits per heavy atom. The summed E-state index contributed by atoms with van der Waals surface area (Å²) in [7, 11) is 1.65. The van der Waals surface area contributed by atoms with Crippen molar-refractivity contribution in [1.29, 1.82) is 0 Å². The Kier molecular flexibility index (Phi) is 3.86. The maximum atomic E-state index is 10.9. The Hall–Kier alpha value is -1.47. The van der Waals surface area contributed by atoms with Gasteiger partial charge in [-0.15, -0.1) is 0 Å². The molecule has 1 saturated carbocycles. The Bertz CT molecular complexity index is 491. The van der Waals surface area contributed by atoms with Crippen LogP contribution in [0, 0.1) is 10.1 Å². The van der Waals surface area contributed by atoms with Crippen molar-refractivity contribution in [3.63, 3.8) is 0 Å². The van der Waals surface area contributed by atoms with E-state index in [-0.39, 0.29) is 16.8 Å². The van der Waals surface area contributed by atoms with Crippen LogP contribution in [0.15, 0.2) is 6.20 Å². The van der Waals surface area contributed by atoms with E-state index in [4.69, 9.17) is 11.6 Å². The predicted octanol–water partition coefficient (Wildman–Crippen LogP) is 1.78. The van der Waals surface area contributed by atoms with E-state index in [1.54, 1.807) is 11.9 Å². The fourth-order valence-corrected chi connectivity index (χ4v) is 2.59. The lowest BCUT2D eigenvalue weighted by Crippen LogP contribution is -2.39. The lowest BCUT2D eigenvalue weighted by Gasteiger charge is -2.28. The SMILES string of the molecule is CN(CC1(O)CCCC1)c1nc(Cl)ncc1[N+](=O)[O-]. The molecule has 0 bridgehead atoms. The topological polar surface area (TPSA) is 92.4 Å². The van der Waals surface area contributed by atoms with Gasteiger partial charge in [0, 0.05) is 13.6 Å². The van der Waals surface area contributed by atoms with Gasteiger partial charge in [-0.3, -0.25) is 10.1 Å². The van der Waals surface area contributed by atoms with E-state index >= 15 is 0 Å².